The van der Waals surface area contributed by atoms with Crippen LogP contribution in [-0.2, 0) is 0 Å². The molecular weight excluding hydrogens is 278 g/mol. The highest BCUT2D eigenvalue weighted by Gasteiger charge is 2.23. The standard InChI is InChI=1S/C16H14F2O3/c1-8-3-4-9(2)10(5-8)15(19)11-6-13(17)14(18)7-12(11)16(20)21/h3-7,15,19H,1-2H3,(H,20,21). The van der Waals surface area contributed by atoms with Crippen molar-refractivity contribution in [1.82, 2.24) is 0 Å². The molecule has 0 saturated heterocycles. The first kappa shape index (κ1) is 15.1. The van der Waals surface area contributed by atoms with Crippen LogP contribution in [0.2, 0.25) is 0 Å². The van der Waals surface area contributed by atoms with Crippen molar-refractivity contribution in [3.63, 3.8) is 0 Å². The smallest absolute Gasteiger partial charge is 0.336 e. The van der Waals surface area contributed by atoms with Crippen molar-refractivity contribution >= 4 is 5.97 Å². The molecule has 21 heavy (non-hydrogen) atoms. The van der Waals surface area contributed by atoms with Crippen molar-refractivity contribution < 1.29 is 23.8 Å². The fourth-order valence-corrected chi connectivity index (χ4v) is 2.20. The van der Waals surface area contributed by atoms with Crippen molar-refractivity contribution in [3.8, 4) is 0 Å². The fraction of sp³-hybridized carbons (Fsp3) is 0.188. The third kappa shape index (κ3) is 2.92. The van der Waals surface area contributed by atoms with Gasteiger partial charge in [-0.2, -0.15) is 0 Å². The molecule has 2 N–H and O–H groups in total. The number of benzene rings is 2. The van der Waals surface area contributed by atoms with Gasteiger partial charge in [-0.25, -0.2) is 13.6 Å². The highest BCUT2D eigenvalue weighted by molar-refractivity contribution is 5.89. The molecule has 0 aliphatic rings. The Labute approximate surface area is 120 Å². The number of hydrogen-bond donors (Lipinski definition) is 2. The van der Waals surface area contributed by atoms with Crippen LogP contribution in [0.3, 0.4) is 0 Å². The van der Waals surface area contributed by atoms with Crippen molar-refractivity contribution in [2.24, 2.45) is 0 Å². The lowest BCUT2D eigenvalue weighted by Crippen LogP contribution is -2.11. The minimum absolute atomic E-state index is 0.171. The maximum absolute atomic E-state index is 13.4. The van der Waals surface area contributed by atoms with Crippen LogP contribution in [0.25, 0.3) is 0 Å². The molecule has 5 heteroatoms. The summed E-state index contributed by atoms with van der Waals surface area (Å²) >= 11 is 0. The zero-order chi connectivity index (χ0) is 15.7. The summed E-state index contributed by atoms with van der Waals surface area (Å²) in [6.45, 7) is 3.57. The van der Waals surface area contributed by atoms with E-state index in [4.69, 9.17) is 5.11 Å². The van der Waals surface area contributed by atoms with Gasteiger partial charge in [-0.3, -0.25) is 0 Å². The number of halogens is 2. The second kappa shape index (κ2) is 5.61. The van der Waals surface area contributed by atoms with Gasteiger partial charge in [0.05, 0.1) is 5.56 Å². The summed E-state index contributed by atoms with van der Waals surface area (Å²) in [6.07, 6.45) is -1.34. The maximum Gasteiger partial charge on any atom is 0.336 e. The van der Waals surface area contributed by atoms with E-state index in [0.717, 1.165) is 17.2 Å². The summed E-state index contributed by atoms with van der Waals surface area (Å²) in [5, 5.41) is 19.5. The molecule has 1 atom stereocenters. The molecule has 110 valence electrons. The van der Waals surface area contributed by atoms with Gasteiger partial charge in [-0.15, -0.1) is 0 Å². The number of hydrogen-bond acceptors (Lipinski definition) is 2. The summed E-state index contributed by atoms with van der Waals surface area (Å²) in [5.41, 5.74) is 1.43. The predicted molar refractivity (Wildman–Crippen MR) is 73.3 cm³/mol. The second-order valence-corrected chi connectivity index (χ2v) is 4.92. The zero-order valence-corrected chi connectivity index (χ0v) is 11.5. The van der Waals surface area contributed by atoms with Gasteiger partial charge in [-0.1, -0.05) is 23.8 Å². The van der Waals surface area contributed by atoms with Gasteiger partial charge >= 0.3 is 5.97 Å². The number of rotatable bonds is 3. The van der Waals surface area contributed by atoms with Gasteiger partial charge in [-0.05, 0) is 37.1 Å². The molecule has 1 unspecified atom stereocenters. The van der Waals surface area contributed by atoms with E-state index in [1.165, 1.54) is 0 Å². The average molecular weight is 292 g/mol. The van der Waals surface area contributed by atoms with Crippen LogP contribution in [0.5, 0.6) is 0 Å². The topological polar surface area (TPSA) is 57.5 Å². The van der Waals surface area contributed by atoms with E-state index in [1.807, 2.05) is 13.0 Å². The summed E-state index contributed by atoms with van der Waals surface area (Å²) in [6, 6.07) is 6.61. The highest BCUT2D eigenvalue weighted by Crippen LogP contribution is 2.29. The number of aliphatic hydroxyl groups excluding tert-OH is 1. The minimum atomic E-state index is -1.42. The van der Waals surface area contributed by atoms with Crippen LogP contribution in [0.1, 0.15) is 38.7 Å². The molecule has 0 amide bonds. The van der Waals surface area contributed by atoms with Crippen LogP contribution < -0.4 is 0 Å². The van der Waals surface area contributed by atoms with Crippen LogP contribution in [0.15, 0.2) is 30.3 Å². The van der Waals surface area contributed by atoms with Crippen LogP contribution in [0.4, 0.5) is 8.78 Å². The fourth-order valence-electron chi connectivity index (χ4n) is 2.20. The Bertz CT molecular complexity index is 711. The number of aryl methyl sites for hydroxylation is 2. The lowest BCUT2D eigenvalue weighted by molar-refractivity contribution is 0.0690. The SMILES string of the molecule is Cc1ccc(C)c(C(O)c2cc(F)c(F)cc2C(=O)O)c1. The Morgan fingerprint density at radius 3 is 2.29 bits per heavy atom. The Morgan fingerprint density at radius 2 is 1.67 bits per heavy atom. The van der Waals surface area contributed by atoms with E-state index in [1.54, 1.807) is 19.1 Å². The van der Waals surface area contributed by atoms with Gasteiger partial charge in [0, 0.05) is 5.56 Å². The molecule has 2 aromatic carbocycles. The maximum atomic E-state index is 13.4. The first-order valence-corrected chi connectivity index (χ1v) is 6.28. The number of carboxylic acid groups (broad SMARTS) is 1. The van der Waals surface area contributed by atoms with E-state index < -0.39 is 29.3 Å². The van der Waals surface area contributed by atoms with E-state index in [2.05, 4.69) is 0 Å². The number of aliphatic hydroxyl groups is 1. The van der Waals surface area contributed by atoms with Crippen molar-refractivity contribution in [3.05, 3.63) is 69.8 Å². The molecule has 0 aliphatic heterocycles. The van der Waals surface area contributed by atoms with Crippen LogP contribution >= 0.6 is 0 Å². The van der Waals surface area contributed by atoms with Gasteiger partial charge < -0.3 is 10.2 Å². The largest absolute Gasteiger partial charge is 0.478 e. The third-order valence-electron chi connectivity index (χ3n) is 3.35. The molecular formula is C16H14F2O3. The van der Waals surface area contributed by atoms with Crippen molar-refractivity contribution in [1.29, 1.82) is 0 Å². The summed E-state index contributed by atoms with van der Waals surface area (Å²) < 4.78 is 26.6. The zero-order valence-electron chi connectivity index (χ0n) is 11.5. The molecule has 2 aromatic rings. The molecule has 0 fully saturated rings. The van der Waals surface area contributed by atoms with E-state index in [-0.39, 0.29) is 5.56 Å². The van der Waals surface area contributed by atoms with Crippen molar-refractivity contribution in [2.75, 3.05) is 0 Å². The van der Waals surface area contributed by atoms with E-state index in [0.29, 0.717) is 11.6 Å². The highest BCUT2D eigenvalue weighted by atomic mass is 19.2. The lowest BCUT2D eigenvalue weighted by Gasteiger charge is -2.17. The third-order valence-corrected chi connectivity index (χ3v) is 3.35. The molecule has 0 heterocycles. The predicted octanol–water partition coefficient (Wildman–Crippen LogP) is 3.36. The van der Waals surface area contributed by atoms with Crippen LogP contribution in [0, 0.1) is 25.5 Å². The first-order valence-electron chi connectivity index (χ1n) is 6.28. The van der Waals surface area contributed by atoms with Gasteiger partial charge in [0.25, 0.3) is 0 Å². The average Bonchev–Trinajstić information content (AvgIpc) is 2.43. The summed E-state index contributed by atoms with van der Waals surface area (Å²) in [7, 11) is 0. The molecule has 0 bridgehead atoms. The van der Waals surface area contributed by atoms with E-state index in [9.17, 15) is 18.7 Å². The number of aromatic carboxylic acids is 1. The first-order chi connectivity index (χ1) is 9.81. The van der Waals surface area contributed by atoms with Crippen LogP contribution in [-0.4, -0.2) is 16.2 Å². The summed E-state index contributed by atoms with van der Waals surface area (Å²) in [4.78, 5) is 11.2. The summed E-state index contributed by atoms with van der Waals surface area (Å²) in [5.74, 6) is -3.88. The minimum Gasteiger partial charge on any atom is -0.478 e. The van der Waals surface area contributed by atoms with Gasteiger partial charge in [0.1, 0.15) is 6.10 Å². The number of carbonyl (C=O) groups is 1. The molecule has 0 aromatic heterocycles. The molecule has 0 saturated carbocycles. The Hall–Kier alpha value is -2.27. The molecule has 3 nitrogen and oxygen atoms in total. The Morgan fingerprint density at radius 1 is 1.05 bits per heavy atom. The molecule has 0 spiro atoms. The van der Waals surface area contributed by atoms with E-state index >= 15 is 0 Å². The monoisotopic (exact) mass is 292 g/mol. The lowest BCUT2D eigenvalue weighted by atomic mass is 9.92. The molecule has 0 aliphatic carbocycles. The van der Waals surface area contributed by atoms with Gasteiger partial charge in [0.15, 0.2) is 11.6 Å². The molecule has 2 rings (SSSR count). The Kier molecular flexibility index (Phi) is 4.04. The normalized spacial score (nSPS) is 12.2. The number of carboxylic acids is 1. The van der Waals surface area contributed by atoms with Gasteiger partial charge in [0.2, 0.25) is 0 Å². The molecule has 0 radical (unpaired) electrons. The van der Waals surface area contributed by atoms with Crippen molar-refractivity contribution in [2.45, 2.75) is 20.0 Å². The Balaban J connectivity index is 2.62. The quantitative estimate of drug-likeness (QED) is 0.912. The second-order valence-electron chi connectivity index (χ2n) is 4.92.